The number of fused-ring (bicyclic) bond motifs is 1. The molecule has 0 aliphatic heterocycles. The van der Waals surface area contributed by atoms with Gasteiger partial charge in [-0.2, -0.15) is 0 Å². The van der Waals surface area contributed by atoms with Gasteiger partial charge in [-0.25, -0.2) is 4.79 Å². The molecule has 0 unspecified atom stereocenters. The number of benzene rings is 1. The number of aromatic carboxylic acids is 1. The summed E-state index contributed by atoms with van der Waals surface area (Å²) in [6, 6.07) is 3.33. The van der Waals surface area contributed by atoms with Gasteiger partial charge in [0.2, 0.25) is 0 Å². The van der Waals surface area contributed by atoms with Crippen molar-refractivity contribution in [1.29, 1.82) is 0 Å². The summed E-state index contributed by atoms with van der Waals surface area (Å²) in [5.41, 5.74) is 0.150. The molecule has 1 heterocycles. The Morgan fingerprint density at radius 3 is 2.67 bits per heavy atom. The highest BCUT2D eigenvalue weighted by atomic mass is 32.1. The SMILES string of the molecule is Cc1ccc2[nH]c(=O)c(C(=O)O)c(O)c2c1C=S. The van der Waals surface area contributed by atoms with Crippen molar-refractivity contribution in [3.63, 3.8) is 0 Å². The number of nitrogens with one attached hydrogen (secondary N) is 1. The van der Waals surface area contributed by atoms with E-state index in [0.29, 0.717) is 11.1 Å². The second-order valence-corrected chi connectivity index (χ2v) is 4.06. The smallest absolute Gasteiger partial charge is 0.345 e. The number of aryl methyl sites for hydroxylation is 1. The van der Waals surface area contributed by atoms with Crippen LogP contribution in [-0.2, 0) is 0 Å². The van der Waals surface area contributed by atoms with E-state index in [1.54, 1.807) is 19.1 Å². The monoisotopic (exact) mass is 263 g/mol. The maximum absolute atomic E-state index is 11.5. The summed E-state index contributed by atoms with van der Waals surface area (Å²) in [6.45, 7) is 1.78. The summed E-state index contributed by atoms with van der Waals surface area (Å²) in [5, 5.41) is 20.5. The largest absolute Gasteiger partial charge is 0.506 e. The van der Waals surface area contributed by atoms with Gasteiger partial charge in [-0.3, -0.25) is 4.79 Å². The molecular weight excluding hydrogens is 254 g/mol. The van der Waals surface area contributed by atoms with Crippen LogP contribution in [0.1, 0.15) is 21.5 Å². The van der Waals surface area contributed by atoms with Crippen molar-refractivity contribution >= 4 is 34.5 Å². The molecule has 5 nitrogen and oxygen atoms in total. The highest BCUT2D eigenvalue weighted by Crippen LogP contribution is 2.29. The molecular formula is C12H9NO4S. The van der Waals surface area contributed by atoms with Crippen molar-refractivity contribution in [2.45, 2.75) is 6.92 Å². The highest BCUT2D eigenvalue weighted by molar-refractivity contribution is 7.79. The number of aromatic amines is 1. The first kappa shape index (κ1) is 12.3. The predicted octanol–water partition coefficient (Wildman–Crippen LogP) is 1.59. The number of hydrogen-bond acceptors (Lipinski definition) is 4. The van der Waals surface area contributed by atoms with Gasteiger partial charge in [-0.1, -0.05) is 18.3 Å². The summed E-state index contributed by atoms with van der Waals surface area (Å²) in [7, 11) is 0. The first-order chi connectivity index (χ1) is 8.47. The van der Waals surface area contributed by atoms with Crippen LogP contribution in [0.25, 0.3) is 10.9 Å². The van der Waals surface area contributed by atoms with Crippen molar-refractivity contribution in [3.05, 3.63) is 39.2 Å². The standard InChI is InChI=1S/C12H9NO4S/c1-5-2-3-7-8(6(5)4-18)10(14)9(12(16)17)11(15)13-7/h2-4H,1H3,(H,16,17)(H2,13,14,15). The van der Waals surface area contributed by atoms with Crippen molar-refractivity contribution in [3.8, 4) is 5.75 Å². The second kappa shape index (κ2) is 4.23. The third-order valence-corrected chi connectivity index (χ3v) is 2.98. The number of aromatic nitrogens is 1. The van der Waals surface area contributed by atoms with Crippen LogP contribution in [0.5, 0.6) is 5.75 Å². The van der Waals surface area contributed by atoms with E-state index < -0.39 is 22.8 Å². The van der Waals surface area contributed by atoms with Gasteiger partial charge in [0, 0.05) is 16.3 Å². The van der Waals surface area contributed by atoms with Crippen molar-refractivity contribution in [2.24, 2.45) is 0 Å². The van der Waals surface area contributed by atoms with Gasteiger partial charge in [-0.15, -0.1) is 0 Å². The number of aromatic hydroxyl groups is 1. The fourth-order valence-electron chi connectivity index (χ4n) is 1.85. The Morgan fingerprint density at radius 2 is 2.11 bits per heavy atom. The minimum atomic E-state index is -1.48. The number of carboxylic acid groups (broad SMARTS) is 1. The number of hydrogen-bond donors (Lipinski definition) is 3. The van der Waals surface area contributed by atoms with Crippen molar-refractivity contribution in [2.75, 3.05) is 0 Å². The molecule has 0 spiro atoms. The third-order valence-electron chi connectivity index (χ3n) is 2.74. The molecule has 1 aromatic heterocycles. The van der Waals surface area contributed by atoms with E-state index >= 15 is 0 Å². The van der Waals surface area contributed by atoms with Crippen molar-refractivity contribution in [1.82, 2.24) is 4.98 Å². The quantitative estimate of drug-likeness (QED) is 0.716. The van der Waals surface area contributed by atoms with Gasteiger partial charge < -0.3 is 15.2 Å². The Balaban J connectivity index is 3.08. The maximum atomic E-state index is 11.5. The molecule has 0 fully saturated rings. The maximum Gasteiger partial charge on any atom is 0.345 e. The Kier molecular flexibility index (Phi) is 2.88. The third kappa shape index (κ3) is 1.67. The van der Waals surface area contributed by atoms with Gasteiger partial charge in [0.05, 0.1) is 5.52 Å². The van der Waals surface area contributed by atoms with Crippen LogP contribution in [0.15, 0.2) is 16.9 Å². The Labute approximate surface area is 107 Å². The van der Waals surface area contributed by atoms with E-state index in [-0.39, 0.29) is 5.39 Å². The topological polar surface area (TPSA) is 90.4 Å². The van der Waals surface area contributed by atoms with Gasteiger partial charge in [0.25, 0.3) is 5.56 Å². The molecule has 0 amide bonds. The van der Waals surface area contributed by atoms with E-state index in [1.807, 2.05) is 0 Å². The van der Waals surface area contributed by atoms with Crippen LogP contribution in [-0.4, -0.2) is 26.5 Å². The van der Waals surface area contributed by atoms with Crippen LogP contribution in [0.4, 0.5) is 0 Å². The molecule has 0 radical (unpaired) electrons. The molecule has 18 heavy (non-hydrogen) atoms. The minimum Gasteiger partial charge on any atom is -0.506 e. The summed E-state index contributed by atoms with van der Waals surface area (Å²) < 4.78 is 0. The lowest BCUT2D eigenvalue weighted by Crippen LogP contribution is -2.18. The van der Waals surface area contributed by atoms with Gasteiger partial charge >= 0.3 is 5.97 Å². The molecule has 0 saturated heterocycles. The van der Waals surface area contributed by atoms with Crippen LogP contribution in [0, 0.1) is 6.92 Å². The highest BCUT2D eigenvalue weighted by Gasteiger charge is 2.20. The molecule has 1 aromatic carbocycles. The van der Waals surface area contributed by atoms with Crippen LogP contribution < -0.4 is 5.56 Å². The Hall–Kier alpha value is -2.21. The molecule has 0 aliphatic carbocycles. The number of rotatable bonds is 2. The molecule has 0 aliphatic rings. The van der Waals surface area contributed by atoms with E-state index in [4.69, 9.17) is 17.3 Å². The van der Waals surface area contributed by atoms with Gasteiger partial charge in [0.15, 0.2) is 5.56 Å². The summed E-state index contributed by atoms with van der Waals surface area (Å²) in [4.78, 5) is 24.9. The molecule has 0 saturated carbocycles. The van der Waals surface area contributed by atoms with Crippen LogP contribution >= 0.6 is 12.2 Å². The summed E-state index contributed by atoms with van der Waals surface area (Å²) in [6.07, 6.45) is 0. The average molecular weight is 263 g/mol. The molecule has 92 valence electrons. The normalized spacial score (nSPS) is 10.5. The van der Waals surface area contributed by atoms with Crippen LogP contribution in [0.3, 0.4) is 0 Å². The molecule has 2 rings (SSSR count). The van der Waals surface area contributed by atoms with Gasteiger partial charge in [0.1, 0.15) is 5.75 Å². The fraction of sp³-hybridized carbons (Fsp3) is 0.0833. The zero-order valence-electron chi connectivity index (χ0n) is 9.35. The molecule has 0 bridgehead atoms. The fourth-order valence-corrected chi connectivity index (χ4v) is 2.15. The van der Waals surface area contributed by atoms with Gasteiger partial charge in [-0.05, 0) is 18.6 Å². The van der Waals surface area contributed by atoms with E-state index in [2.05, 4.69) is 4.98 Å². The molecule has 0 atom stereocenters. The number of H-pyrrole nitrogens is 1. The van der Waals surface area contributed by atoms with Crippen molar-refractivity contribution < 1.29 is 15.0 Å². The number of carboxylic acids is 1. The van der Waals surface area contributed by atoms with E-state index in [9.17, 15) is 14.7 Å². The lowest BCUT2D eigenvalue weighted by molar-refractivity contribution is 0.0692. The minimum absolute atomic E-state index is 0.252. The second-order valence-electron chi connectivity index (χ2n) is 3.82. The molecule has 3 N–H and O–H groups in total. The Morgan fingerprint density at radius 1 is 1.44 bits per heavy atom. The molecule has 6 heteroatoms. The number of thiocarbonyl (C=S) groups is 1. The zero-order chi connectivity index (χ0) is 13.4. The molecule has 2 aromatic rings. The first-order valence-corrected chi connectivity index (χ1v) is 5.51. The summed E-state index contributed by atoms with van der Waals surface area (Å²) in [5.74, 6) is -2.03. The first-order valence-electron chi connectivity index (χ1n) is 5.04. The summed E-state index contributed by atoms with van der Waals surface area (Å²) >= 11 is 4.86. The average Bonchev–Trinajstić information content (AvgIpc) is 2.29. The lowest BCUT2D eigenvalue weighted by Gasteiger charge is -2.09. The number of carbonyl (C=O) groups is 1. The van der Waals surface area contributed by atoms with Crippen LogP contribution in [0.2, 0.25) is 0 Å². The Bertz CT molecular complexity index is 733. The zero-order valence-corrected chi connectivity index (χ0v) is 10.2. The van der Waals surface area contributed by atoms with E-state index in [1.165, 1.54) is 5.37 Å². The van der Waals surface area contributed by atoms with E-state index in [0.717, 1.165) is 5.56 Å². The lowest BCUT2D eigenvalue weighted by atomic mass is 10.0. The number of pyridine rings is 1. The predicted molar refractivity (Wildman–Crippen MR) is 70.7 cm³/mol.